The zero-order valence-electron chi connectivity index (χ0n) is 16.7. The molecule has 0 aliphatic heterocycles. The van der Waals surface area contributed by atoms with E-state index in [1.165, 1.54) is 12.1 Å². The summed E-state index contributed by atoms with van der Waals surface area (Å²) in [6.07, 6.45) is 0. The summed E-state index contributed by atoms with van der Waals surface area (Å²) in [6, 6.07) is 25.6. The Labute approximate surface area is 182 Å². The summed E-state index contributed by atoms with van der Waals surface area (Å²) in [5.41, 5.74) is 3.49. The molecule has 154 valence electrons. The quantitative estimate of drug-likeness (QED) is 0.372. The Balaban J connectivity index is 1.94. The molecular formula is C26H16N2O4. The number of carbonyl (C=O) groups is 2. The first-order valence-corrected chi connectivity index (χ1v) is 9.89. The van der Waals surface area contributed by atoms with Gasteiger partial charge in [-0.1, -0.05) is 72.8 Å². The molecule has 2 aromatic heterocycles. The third-order valence-corrected chi connectivity index (χ3v) is 5.37. The summed E-state index contributed by atoms with van der Waals surface area (Å²) in [4.78, 5) is 32.4. The number of benzene rings is 3. The first kappa shape index (κ1) is 19.4. The van der Waals surface area contributed by atoms with E-state index in [2.05, 4.69) is 9.97 Å². The number of aromatic carboxylic acids is 2. The maximum absolute atomic E-state index is 11.9. The molecule has 0 bridgehead atoms. The maximum Gasteiger partial charge on any atom is 0.354 e. The standard InChI is InChI=1S/C26H16N2O4/c29-25(30)21-13-19(15-7-3-1-4-8-15)17-11-12-18-20(16-9-5-2-6-10-16)14-22(26(31)32)28-24(18)23(17)27-21/h1-14H,(H,29,30)(H,31,32). The lowest BCUT2D eigenvalue weighted by molar-refractivity contribution is 0.0680. The van der Waals surface area contributed by atoms with Crippen molar-refractivity contribution >= 4 is 33.7 Å². The van der Waals surface area contributed by atoms with E-state index in [0.29, 0.717) is 32.9 Å². The number of hydrogen-bond donors (Lipinski definition) is 2. The molecule has 6 heteroatoms. The van der Waals surface area contributed by atoms with Gasteiger partial charge in [-0.3, -0.25) is 0 Å². The molecule has 0 amide bonds. The molecular weight excluding hydrogens is 404 g/mol. The van der Waals surface area contributed by atoms with Crippen molar-refractivity contribution in [2.75, 3.05) is 0 Å². The second-order valence-electron chi connectivity index (χ2n) is 7.31. The van der Waals surface area contributed by atoms with E-state index in [1.54, 1.807) is 0 Å². The van der Waals surface area contributed by atoms with Crippen molar-refractivity contribution < 1.29 is 19.8 Å². The van der Waals surface area contributed by atoms with Crippen LogP contribution < -0.4 is 0 Å². The highest BCUT2D eigenvalue weighted by atomic mass is 16.4. The highest BCUT2D eigenvalue weighted by Crippen LogP contribution is 2.36. The number of nitrogens with zero attached hydrogens (tertiary/aromatic N) is 2. The summed E-state index contributed by atoms with van der Waals surface area (Å²) in [5, 5.41) is 20.8. The average molecular weight is 420 g/mol. The number of rotatable bonds is 4. The van der Waals surface area contributed by atoms with Gasteiger partial charge in [0, 0.05) is 10.8 Å². The highest BCUT2D eigenvalue weighted by molar-refractivity contribution is 6.14. The van der Waals surface area contributed by atoms with Crippen LogP contribution in [-0.2, 0) is 0 Å². The molecule has 0 spiro atoms. The molecule has 0 fully saturated rings. The lowest BCUT2D eigenvalue weighted by atomic mass is 9.95. The monoisotopic (exact) mass is 420 g/mol. The Kier molecular flexibility index (Phi) is 4.60. The Morgan fingerprint density at radius 3 is 1.28 bits per heavy atom. The van der Waals surface area contributed by atoms with Crippen LogP contribution in [-0.4, -0.2) is 32.1 Å². The van der Waals surface area contributed by atoms with Gasteiger partial charge in [-0.2, -0.15) is 0 Å². The summed E-state index contributed by atoms with van der Waals surface area (Å²) in [7, 11) is 0. The van der Waals surface area contributed by atoms with Crippen LogP contribution in [0, 0.1) is 0 Å². The Hall–Kier alpha value is -4.58. The first-order valence-electron chi connectivity index (χ1n) is 9.89. The van der Waals surface area contributed by atoms with Crippen molar-refractivity contribution in [2.24, 2.45) is 0 Å². The van der Waals surface area contributed by atoms with Gasteiger partial charge < -0.3 is 10.2 Å². The smallest absolute Gasteiger partial charge is 0.354 e. The van der Waals surface area contributed by atoms with Crippen molar-refractivity contribution in [1.29, 1.82) is 0 Å². The van der Waals surface area contributed by atoms with E-state index in [0.717, 1.165) is 11.1 Å². The highest BCUT2D eigenvalue weighted by Gasteiger charge is 2.19. The minimum Gasteiger partial charge on any atom is -0.477 e. The van der Waals surface area contributed by atoms with Gasteiger partial charge >= 0.3 is 11.9 Å². The summed E-state index contributed by atoms with van der Waals surface area (Å²) in [5.74, 6) is -2.34. The third-order valence-electron chi connectivity index (χ3n) is 5.37. The molecule has 2 N–H and O–H groups in total. The van der Waals surface area contributed by atoms with Gasteiger partial charge in [0.05, 0.1) is 11.0 Å². The van der Waals surface area contributed by atoms with E-state index in [9.17, 15) is 19.8 Å². The van der Waals surface area contributed by atoms with Crippen LogP contribution in [0.4, 0.5) is 0 Å². The lowest BCUT2D eigenvalue weighted by Gasteiger charge is -2.13. The van der Waals surface area contributed by atoms with Crippen molar-refractivity contribution in [3.8, 4) is 22.3 Å². The number of pyridine rings is 2. The molecule has 0 radical (unpaired) electrons. The second-order valence-corrected chi connectivity index (χ2v) is 7.31. The summed E-state index contributed by atoms with van der Waals surface area (Å²) < 4.78 is 0. The predicted octanol–water partition coefficient (Wildman–Crippen LogP) is 5.51. The molecule has 0 aliphatic rings. The van der Waals surface area contributed by atoms with Gasteiger partial charge in [-0.05, 0) is 34.4 Å². The summed E-state index contributed by atoms with van der Waals surface area (Å²) >= 11 is 0. The fraction of sp³-hybridized carbons (Fsp3) is 0. The van der Waals surface area contributed by atoms with E-state index in [1.807, 2.05) is 72.8 Å². The van der Waals surface area contributed by atoms with Gasteiger partial charge in [0.2, 0.25) is 0 Å². The minimum absolute atomic E-state index is 0.132. The second kappa shape index (κ2) is 7.59. The number of carboxylic acids is 2. The van der Waals surface area contributed by atoms with Crippen LogP contribution >= 0.6 is 0 Å². The van der Waals surface area contributed by atoms with Crippen LogP contribution in [0.3, 0.4) is 0 Å². The summed E-state index contributed by atoms with van der Waals surface area (Å²) in [6.45, 7) is 0. The van der Waals surface area contributed by atoms with Gasteiger partial charge in [-0.25, -0.2) is 19.6 Å². The van der Waals surface area contributed by atoms with E-state index in [4.69, 9.17) is 0 Å². The lowest BCUT2D eigenvalue weighted by Crippen LogP contribution is -2.05. The largest absolute Gasteiger partial charge is 0.477 e. The van der Waals surface area contributed by atoms with Crippen LogP contribution in [0.15, 0.2) is 84.9 Å². The fourth-order valence-electron chi connectivity index (χ4n) is 3.91. The van der Waals surface area contributed by atoms with Crippen molar-refractivity contribution in [2.45, 2.75) is 0 Å². The minimum atomic E-state index is -1.17. The zero-order valence-corrected chi connectivity index (χ0v) is 16.7. The molecule has 0 saturated carbocycles. The van der Waals surface area contributed by atoms with Crippen LogP contribution in [0.2, 0.25) is 0 Å². The van der Waals surface area contributed by atoms with Crippen LogP contribution in [0.5, 0.6) is 0 Å². The molecule has 5 rings (SSSR count). The topological polar surface area (TPSA) is 100 Å². The van der Waals surface area contributed by atoms with E-state index >= 15 is 0 Å². The average Bonchev–Trinajstić information content (AvgIpc) is 2.83. The number of carboxylic acid groups (broad SMARTS) is 2. The number of hydrogen-bond acceptors (Lipinski definition) is 4. The van der Waals surface area contributed by atoms with Gasteiger partial charge in [0.15, 0.2) is 0 Å². The molecule has 0 saturated heterocycles. The Morgan fingerprint density at radius 1 is 0.562 bits per heavy atom. The molecule has 6 nitrogen and oxygen atoms in total. The van der Waals surface area contributed by atoms with Crippen molar-refractivity contribution in [3.63, 3.8) is 0 Å². The Morgan fingerprint density at radius 2 is 0.938 bits per heavy atom. The molecule has 0 atom stereocenters. The molecule has 0 unspecified atom stereocenters. The van der Waals surface area contributed by atoms with Gasteiger partial charge in [0.25, 0.3) is 0 Å². The molecule has 0 aliphatic carbocycles. The Bertz CT molecular complexity index is 1400. The van der Waals surface area contributed by atoms with Crippen LogP contribution in [0.25, 0.3) is 44.1 Å². The SMILES string of the molecule is O=C(O)c1cc(-c2ccccc2)c2ccc3c(-c4ccccc4)cc(C(=O)O)nc3c2n1. The molecule has 32 heavy (non-hydrogen) atoms. The fourth-order valence-corrected chi connectivity index (χ4v) is 3.91. The van der Waals surface area contributed by atoms with Gasteiger partial charge in [0.1, 0.15) is 11.4 Å². The molecule has 2 heterocycles. The first-order chi connectivity index (χ1) is 15.5. The number of aromatic nitrogens is 2. The van der Waals surface area contributed by atoms with Gasteiger partial charge in [-0.15, -0.1) is 0 Å². The maximum atomic E-state index is 11.9. The third kappa shape index (κ3) is 3.24. The van der Waals surface area contributed by atoms with E-state index < -0.39 is 11.9 Å². The predicted molar refractivity (Wildman–Crippen MR) is 122 cm³/mol. The van der Waals surface area contributed by atoms with E-state index in [-0.39, 0.29) is 11.4 Å². The normalized spacial score (nSPS) is 11.0. The van der Waals surface area contributed by atoms with Crippen LogP contribution in [0.1, 0.15) is 21.0 Å². The zero-order chi connectivity index (χ0) is 22.2. The molecule has 5 aromatic rings. The van der Waals surface area contributed by atoms with Crippen molar-refractivity contribution in [3.05, 3.63) is 96.3 Å². The number of fused-ring (bicyclic) bond motifs is 3. The molecule has 3 aromatic carbocycles. The van der Waals surface area contributed by atoms with Crippen molar-refractivity contribution in [1.82, 2.24) is 9.97 Å².